The molecule has 2 aliphatic heterocycles. The van der Waals surface area contributed by atoms with Gasteiger partial charge in [-0.3, -0.25) is 0 Å². The van der Waals surface area contributed by atoms with Crippen molar-refractivity contribution in [3.8, 4) is 17.2 Å². The molecule has 34 heavy (non-hydrogen) atoms. The summed E-state index contributed by atoms with van der Waals surface area (Å²) in [6, 6.07) is 21.9. The van der Waals surface area contributed by atoms with E-state index in [1.165, 1.54) is 0 Å². The van der Waals surface area contributed by atoms with Crippen molar-refractivity contribution in [2.75, 3.05) is 19.5 Å². The molecule has 3 aromatic carbocycles. The Morgan fingerprint density at radius 1 is 0.941 bits per heavy atom. The minimum Gasteiger partial charge on any atom is -0.493 e. The average Bonchev–Trinajstić information content (AvgIpc) is 3.35. The number of hydrogen-bond donors (Lipinski definition) is 1. The number of ether oxygens (including phenoxy) is 3. The summed E-state index contributed by atoms with van der Waals surface area (Å²) in [5, 5.41) is 8.10. The van der Waals surface area contributed by atoms with Crippen LogP contribution in [0.5, 0.6) is 17.2 Å². The Morgan fingerprint density at radius 2 is 1.71 bits per heavy atom. The van der Waals surface area contributed by atoms with Crippen LogP contribution < -0.4 is 19.5 Å². The quantitative estimate of drug-likeness (QED) is 0.379. The van der Waals surface area contributed by atoms with Crippen LogP contribution in [-0.2, 0) is 0 Å². The van der Waals surface area contributed by atoms with Crippen molar-refractivity contribution in [3.05, 3.63) is 99.8 Å². The number of aromatic nitrogens is 3. The van der Waals surface area contributed by atoms with Crippen molar-refractivity contribution in [3.63, 3.8) is 0 Å². The van der Waals surface area contributed by atoms with Gasteiger partial charge in [-0.15, -0.1) is 0 Å². The van der Waals surface area contributed by atoms with E-state index in [4.69, 9.17) is 14.2 Å². The van der Waals surface area contributed by atoms with E-state index >= 15 is 0 Å². The molecule has 4 aromatic rings. The van der Waals surface area contributed by atoms with E-state index in [1.807, 2.05) is 53.2 Å². The number of methoxy groups -OCH3 is 2. The summed E-state index contributed by atoms with van der Waals surface area (Å²) in [5.41, 5.74) is 5.05. The van der Waals surface area contributed by atoms with E-state index in [2.05, 4.69) is 49.5 Å². The van der Waals surface area contributed by atoms with Crippen LogP contribution in [-0.4, -0.2) is 29.0 Å². The van der Waals surface area contributed by atoms with E-state index < -0.39 is 0 Å². The maximum absolute atomic E-state index is 6.64. The molecule has 0 bridgehead atoms. The first-order chi connectivity index (χ1) is 16.7. The molecule has 0 saturated carbocycles. The molecule has 0 unspecified atom stereocenters. The van der Waals surface area contributed by atoms with Crippen LogP contribution in [0.15, 0.2) is 83.1 Å². The Kier molecular flexibility index (Phi) is 5.03. The van der Waals surface area contributed by atoms with E-state index in [1.54, 1.807) is 20.5 Å². The molecule has 0 spiro atoms. The molecular weight excluding hydrogens is 496 g/mol. The van der Waals surface area contributed by atoms with Crippen molar-refractivity contribution in [1.29, 1.82) is 0 Å². The van der Waals surface area contributed by atoms with Crippen molar-refractivity contribution in [2.24, 2.45) is 0 Å². The van der Waals surface area contributed by atoms with Crippen LogP contribution >= 0.6 is 15.9 Å². The highest BCUT2D eigenvalue weighted by molar-refractivity contribution is 9.10. The second-order valence-electron chi connectivity index (χ2n) is 8.05. The van der Waals surface area contributed by atoms with Crippen LogP contribution in [0.1, 0.15) is 28.8 Å². The third-order valence-electron chi connectivity index (χ3n) is 6.22. The molecule has 3 heterocycles. The van der Waals surface area contributed by atoms with Crippen LogP contribution in [0.3, 0.4) is 0 Å². The van der Waals surface area contributed by atoms with Crippen molar-refractivity contribution >= 4 is 27.6 Å². The molecule has 0 fully saturated rings. The number of anilines is 1. The van der Waals surface area contributed by atoms with Gasteiger partial charge < -0.3 is 19.5 Å². The number of rotatable bonds is 4. The summed E-state index contributed by atoms with van der Waals surface area (Å²) in [6.07, 6.45) is 1.23. The lowest BCUT2D eigenvalue weighted by Crippen LogP contribution is -2.32. The van der Waals surface area contributed by atoms with Gasteiger partial charge >= 0.3 is 0 Å². The molecular formula is C26H21BrN4O3. The summed E-state index contributed by atoms with van der Waals surface area (Å²) in [5.74, 6) is 2.81. The molecule has 0 amide bonds. The van der Waals surface area contributed by atoms with Gasteiger partial charge in [0.05, 0.1) is 19.9 Å². The van der Waals surface area contributed by atoms with Gasteiger partial charge in [-0.25, -0.2) is 4.68 Å². The van der Waals surface area contributed by atoms with Crippen molar-refractivity contribution < 1.29 is 14.2 Å². The molecule has 0 aliphatic carbocycles. The first-order valence-corrected chi connectivity index (χ1v) is 11.6. The molecule has 7 nitrogen and oxygen atoms in total. The van der Waals surface area contributed by atoms with Gasteiger partial charge in [0, 0.05) is 15.6 Å². The molecule has 1 N–H and O–H groups in total. The van der Waals surface area contributed by atoms with Gasteiger partial charge in [-0.2, -0.15) is 10.1 Å². The predicted octanol–water partition coefficient (Wildman–Crippen LogP) is 5.62. The standard InChI is InChI=1S/C26H21BrN4O3/c1-32-20-12-9-16(13-21(20)33-2)24-22-23(30-26-28-14-29-31(24)26)18-5-3-4-6-19(18)34-25(22)15-7-10-17(27)11-8-15/h3-14,24-25H,1-2H3,(H,28,29,30)/t24-,25+/m0/s1. The van der Waals surface area contributed by atoms with E-state index in [9.17, 15) is 0 Å². The first-order valence-electron chi connectivity index (χ1n) is 10.8. The van der Waals surface area contributed by atoms with E-state index in [0.29, 0.717) is 17.4 Å². The zero-order chi connectivity index (χ0) is 23.2. The zero-order valence-electron chi connectivity index (χ0n) is 18.5. The topological polar surface area (TPSA) is 70.4 Å². The number of benzene rings is 3. The zero-order valence-corrected chi connectivity index (χ0v) is 20.1. The molecule has 170 valence electrons. The molecule has 2 atom stereocenters. The van der Waals surface area contributed by atoms with Gasteiger partial charge in [0.2, 0.25) is 5.95 Å². The number of hydrogen-bond acceptors (Lipinski definition) is 6. The summed E-state index contributed by atoms with van der Waals surface area (Å²) in [7, 11) is 3.27. The second kappa shape index (κ2) is 8.22. The maximum Gasteiger partial charge on any atom is 0.226 e. The smallest absolute Gasteiger partial charge is 0.226 e. The summed E-state index contributed by atoms with van der Waals surface area (Å²) in [4.78, 5) is 4.49. The Hall–Kier alpha value is -3.78. The largest absolute Gasteiger partial charge is 0.493 e. The highest BCUT2D eigenvalue weighted by Crippen LogP contribution is 2.51. The fourth-order valence-corrected chi connectivity index (χ4v) is 4.94. The summed E-state index contributed by atoms with van der Waals surface area (Å²) < 4.78 is 20.6. The molecule has 8 heteroatoms. The fraction of sp³-hybridized carbons (Fsp3) is 0.154. The molecule has 6 rings (SSSR count). The Bertz CT molecular complexity index is 1410. The minimum atomic E-state index is -0.332. The molecule has 0 radical (unpaired) electrons. The third-order valence-corrected chi connectivity index (χ3v) is 6.75. The van der Waals surface area contributed by atoms with Gasteiger partial charge in [0.15, 0.2) is 11.5 Å². The number of para-hydroxylation sites is 1. The van der Waals surface area contributed by atoms with Gasteiger partial charge in [0.1, 0.15) is 24.2 Å². The van der Waals surface area contributed by atoms with Crippen LogP contribution in [0, 0.1) is 0 Å². The molecule has 2 aliphatic rings. The number of nitrogens with one attached hydrogen (secondary N) is 1. The third kappa shape index (κ3) is 3.25. The van der Waals surface area contributed by atoms with Gasteiger partial charge in [-0.05, 0) is 47.5 Å². The second-order valence-corrected chi connectivity index (χ2v) is 8.96. The summed E-state index contributed by atoms with van der Waals surface area (Å²) >= 11 is 3.55. The highest BCUT2D eigenvalue weighted by atomic mass is 79.9. The minimum absolute atomic E-state index is 0.268. The lowest BCUT2D eigenvalue weighted by Gasteiger charge is -2.39. The maximum atomic E-state index is 6.64. The highest BCUT2D eigenvalue weighted by Gasteiger charge is 2.41. The number of fused-ring (bicyclic) bond motifs is 3. The van der Waals surface area contributed by atoms with E-state index in [-0.39, 0.29) is 12.1 Å². The van der Waals surface area contributed by atoms with Gasteiger partial charge in [-0.1, -0.05) is 46.3 Å². The van der Waals surface area contributed by atoms with E-state index in [0.717, 1.165) is 38.2 Å². The van der Waals surface area contributed by atoms with Crippen LogP contribution in [0.2, 0.25) is 0 Å². The lowest BCUT2D eigenvalue weighted by molar-refractivity contribution is 0.223. The normalized spacial score (nSPS) is 18.2. The summed E-state index contributed by atoms with van der Waals surface area (Å²) in [6.45, 7) is 0. The Morgan fingerprint density at radius 3 is 2.50 bits per heavy atom. The Labute approximate surface area is 205 Å². The first kappa shape index (κ1) is 20.8. The SMILES string of the molecule is COc1ccc([C@H]2C3=C(Nc4ncnn42)c2ccccc2O[C@@H]3c2ccc(Br)cc2)cc1OC. The lowest BCUT2D eigenvalue weighted by atomic mass is 9.84. The molecule has 1 aromatic heterocycles. The monoisotopic (exact) mass is 516 g/mol. The number of halogens is 1. The van der Waals surface area contributed by atoms with Crippen molar-refractivity contribution in [2.45, 2.75) is 12.1 Å². The Balaban J connectivity index is 1.61. The average molecular weight is 517 g/mol. The van der Waals surface area contributed by atoms with Crippen LogP contribution in [0.25, 0.3) is 5.70 Å². The predicted molar refractivity (Wildman–Crippen MR) is 132 cm³/mol. The number of nitrogens with zero attached hydrogens (tertiary/aromatic N) is 3. The van der Waals surface area contributed by atoms with Crippen molar-refractivity contribution in [1.82, 2.24) is 14.8 Å². The van der Waals surface area contributed by atoms with Crippen LogP contribution in [0.4, 0.5) is 5.95 Å². The molecule has 0 saturated heterocycles. The fourth-order valence-electron chi connectivity index (χ4n) is 4.67. The van der Waals surface area contributed by atoms with Gasteiger partial charge in [0.25, 0.3) is 0 Å².